The molecule has 0 saturated carbocycles. The summed E-state index contributed by atoms with van der Waals surface area (Å²) in [5, 5.41) is 9.32. The summed E-state index contributed by atoms with van der Waals surface area (Å²) in [5.74, 6) is 0.160. The molecule has 3 rings (SSSR count). The second-order valence-corrected chi connectivity index (χ2v) is 6.79. The molecule has 0 amide bonds. The van der Waals surface area contributed by atoms with E-state index in [1.807, 2.05) is 26.0 Å². The zero-order valence-electron chi connectivity index (χ0n) is 15.8. The van der Waals surface area contributed by atoms with Crippen LogP contribution in [0.15, 0.2) is 47.3 Å². The SMILES string of the molecule is Cc1ccc(Cn2c(-c3ccc(F)cc3)nc(C)c(CCO)c2=O)cc1C. The van der Waals surface area contributed by atoms with Gasteiger partial charge >= 0.3 is 0 Å². The smallest absolute Gasteiger partial charge is 0.257 e. The van der Waals surface area contributed by atoms with Gasteiger partial charge in [0.2, 0.25) is 0 Å². The van der Waals surface area contributed by atoms with Crippen LogP contribution < -0.4 is 5.56 Å². The van der Waals surface area contributed by atoms with Gasteiger partial charge in [-0.05, 0) is 61.7 Å². The predicted octanol–water partition coefficient (Wildman–Crippen LogP) is 3.56. The summed E-state index contributed by atoms with van der Waals surface area (Å²) in [6.45, 7) is 6.09. The highest BCUT2D eigenvalue weighted by Gasteiger charge is 2.16. The fourth-order valence-corrected chi connectivity index (χ4v) is 3.15. The second kappa shape index (κ2) is 7.84. The fraction of sp³-hybridized carbons (Fsp3) is 0.273. The van der Waals surface area contributed by atoms with E-state index >= 15 is 0 Å². The van der Waals surface area contributed by atoms with Crippen molar-refractivity contribution in [2.45, 2.75) is 33.7 Å². The van der Waals surface area contributed by atoms with E-state index in [1.54, 1.807) is 23.6 Å². The van der Waals surface area contributed by atoms with E-state index in [1.165, 1.54) is 17.7 Å². The van der Waals surface area contributed by atoms with Crippen molar-refractivity contribution in [2.24, 2.45) is 0 Å². The minimum absolute atomic E-state index is 0.114. The zero-order chi connectivity index (χ0) is 19.6. The van der Waals surface area contributed by atoms with E-state index in [-0.39, 0.29) is 24.4 Å². The molecule has 0 bridgehead atoms. The molecular weight excluding hydrogens is 343 g/mol. The fourth-order valence-electron chi connectivity index (χ4n) is 3.15. The number of aryl methyl sites for hydroxylation is 3. The molecule has 2 aromatic carbocycles. The van der Waals surface area contributed by atoms with Crippen LogP contribution >= 0.6 is 0 Å². The first-order chi connectivity index (χ1) is 12.9. The summed E-state index contributed by atoms with van der Waals surface area (Å²) in [4.78, 5) is 17.8. The Kier molecular flexibility index (Phi) is 5.51. The molecule has 140 valence electrons. The van der Waals surface area contributed by atoms with Gasteiger partial charge in [0.05, 0.1) is 6.54 Å². The van der Waals surface area contributed by atoms with E-state index in [4.69, 9.17) is 0 Å². The molecule has 1 N–H and O–H groups in total. The molecule has 4 nitrogen and oxygen atoms in total. The Balaban J connectivity index is 2.18. The van der Waals surface area contributed by atoms with Gasteiger partial charge in [0.25, 0.3) is 5.56 Å². The Bertz CT molecular complexity index is 1020. The molecule has 0 aliphatic rings. The third-order valence-electron chi connectivity index (χ3n) is 4.85. The lowest BCUT2D eigenvalue weighted by molar-refractivity contribution is 0.298. The molecule has 27 heavy (non-hydrogen) atoms. The Hall–Kier alpha value is -2.79. The molecule has 0 unspecified atom stereocenters. The molecule has 0 saturated heterocycles. The van der Waals surface area contributed by atoms with Crippen molar-refractivity contribution in [1.29, 1.82) is 0 Å². The standard InChI is InChI=1S/C22H23FN2O2/c1-14-4-5-17(12-15(14)2)13-25-21(18-6-8-19(23)9-7-18)24-16(3)20(10-11-26)22(25)27/h4-9,12,26H,10-11,13H2,1-3H3. The molecule has 3 aromatic rings. The Morgan fingerprint density at radius 3 is 2.37 bits per heavy atom. The largest absolute Gasteiger partial charge is 0.396 e. The van der Waals surface area contributed by atoms with E-state index in [0.29, 0.717) is 29.2 Å². The van der Waals surface area contributed by atoms with Crippen LogP contribution in [0.25, 0.3) is 11.4 Å². The van der Waals surface area contributed by atoms with Gasteiger partial charge in [-0.2, -0.15) is 0 Å². The van der Waals surface area contributed by atoms with Crippen LogP contribution in [0.1, 0.15) is 27.9 Å². The highest BCUT2D eigenvalue weighted by molar-refractivity contribution is 5.56. The molecule has 0 atom stereocenters. The lowest BCUT2D eigenvalue weighted by Gasteiger charge is -2.16. The van der Waals surface area contributed by atoms with Gasteiger partial charge < -0.3 is 5.11 Å². The van der Waals surface area contributed by atoms with E-state index < -0.39 is 0 Å². The summed E-state index contributed by atoms with van der Waals surface area (Å²) in [6, 6.07) is 12.1. The number of rotatable bonds is 5. The van der Waals surface area contributed by atoms with Gasteiger partial charge in [0.15, 0.2) is 0 Å². The van der Waals surface area contributed by atoms with Crippen molar-refractivity contribution in [3.8, 4) is 11.4 Å². The molecule has 0 fully saturated rings. The first kappa shape index (κ1) is 19.0. The second-order valence-electron chi connectivity index (χ2n) is 6.79. The Morgan fingerprint density at radius 1 is 1.04 bits per heavy atom. The van der Waals surface area contributed by atoms with Crippen molar-refractivity contribution in [3.63, 3.8) is 0 Å². The quantitative estimate of drug-likeness (QED) is 0.751. The van der Waals surface area contributed by atoms with Gasteiger partial charge in [0, 0.05) is 29.8 Å². The summed E-state index contributed by atoms with van der Waals surface area (Å²) < 4.78 is 14.9. The maximum Gasteiger partial charge on any atom is 0.257 e. The molecule has 5 heteroatoms. The third-order valence-corrected chi connectivity index (χ3v) is 4.85. The molecular formula is C22H23FN2O2. The maximum absolute atomic E-state index is 13.3. The lowest BCUT2D eigenvalue weighted by Crippen LogP contribution is -2.29. The molecule has 0 spiro atoms. The number of benzene rings is 2. The highest BCUT2D eigenvalue weighted by atomic mass is 19.1. The average molecular weight is 366 g/mol. The molecule has 1 aromatic heterocycles. The van der Waals surface area contributed by atoms with Gasteiger partial charge in [0.1, 0.15) is 11.6 Å². The lowest BCUT2D eigenvalue weighted by atomic mass is 10.1. The first-order valence-electron chi connectivity index (χ1n) is 8.94. The highest BCUT2D eigenvalue weighted by Crippen LogP contribution is 2.20. The summed E-state index contributed by atoms with van der Waals surface area (Å²) in [7, 11) is 0. The topological polar surface area (TPSA) is 55.1 Å². The first-order valence-corrected chi connectivity index (χ1v) is 8.94. The van der Waals surface area contributed by atoms with Crippen LogP contribution in [0.2, 0.25) is 0 Å². The third kappa shape index (κ3) is 3.98. The average Bonchev–Trinajstić information content (AvgIpc) is 2.64. The monoisotopic (exact) mass is 366 g/mol. The van der Waals surface area contributed by atoms with E-state index in [9.17, 15) is 14.3 Å². The van der Waals surface area contributed by atoms with Gasteiger partial charge in [-0.3, -0.25) is 9.36 Å². The minimum Gasteiger partial charge on any atom is -0.396 e. The number of aliphatic hydroxyl groups is 1. The number of nitrogens with zero attached hydrogens (tertiary/aromatic N) is 2. The maximum atomic E-state index is 13.3. The number of aliphatic hydroxyl groups excluding tert-OH is 1. The van der Waals surface area contributed by atoms with E-state index in [2.05, 4.69) is 11.1 Å². The van der Waals surface area contributed by atoms with Gasteiger partial charge in [-0.1, -0.05) is 18.2 Å². The Labute approximate surface area is 158 Å². The van der Waals surface area contributed by atoms with Crippen LogP contribution in [0, 0.1) is 26.6 Å². The van der Waals surface area contributed by atoms with Crippen LogP contribution in [-0.4, -0.2) is 21.3 Å². The number of aromatic nitrogens is 2. The normalized spacial score (nSPS) is 11.0. The molecule has 0 aliphatic heterocycles. The van der Waals surface area contributed by atoms with Gasteiger partial charge in [-0.15, -0.1) is 0 Å². The van der Waals surface area contributed by atoms with Crippen molar-refractivity contribution in [3.05, 3.63) is 86.6 Å². The number of halogens is 1. The summed E-state index contributed by atoms with van der Waals surface area (Å²) >= 11 is 0. The van der Waals surface area contributed by atoms with Crippen LogP contribution in [-0.2, 0) is 13.0 Å². The zero-order valence-corrected chi connectivity index (χ0v) is 15.8. The van der Waals surface area contributed by atoms with Crippen molar-refractivity contribution in [1.82, 2.24) is 9.55 Å². The molecule has 0 aliphatic carbocycles. The van der Waals surface area contributed by atoms with E-state index in [0.717, 1.165) is 11.1 Å². The number of hydrogen-bond acceptors (Lipinski definition) is 3. The van der Waals surface area contributed by atoms with Crippen LogP contribution in [0.4, 0.5) is 4.39 Å². The van der Waals surface area contributed by atoms with Gasteiger partial charge in [-0.25, -0.2) is 9.37 Å². The number of hydrogen-bond donors (Lipinski definition) is 1. The predicted molar refractivity (Wildman–Crippen MR) is 104 cm³/mol. The minimum atomic E-state index is -0.338. The summed E-state index contributed by atoms with van der Waals surface area (Å²) in [6.07, 6.45) is 0.258. The summed E-state index contributed by atoms with van der Waals surface area (Å²) in [5.41, 5.74) is 4.93. The van der Waals surface area contributed by atoms with Crippen LogP contribution in [0.5, 0.6) is 0 Å². The van der Waals surface area contributed by atoms with Crippen LogP contribution in [0.3, 0.4) is 0 Å². The Morgan fingerprint density at radius 2 is 1.74 bits per heavy atom. The molecule has 1 heterocycles. The van der Waals surface area contributed by atoms with Crippen molar-refractivity contribution in [2.75, 3.05) is 6.61 Å². The van der Waals surface area contributed by atoms with Crippen molar-refractivity contribution < 1.29 is 9.50 Å². The molecule has 0 radical (unpaired) electrons. The van der Waals surface area contributed by atoms with Crippen molar-refractivity contribution >= 4 is 0 Å².